The van der Waals surface area contributed by atoms with Gasteiger partial charge in [-0.25, -0.2) is 4.79 Å². The Morgan fingerprint density at radius 1 is 0.929 bits per heavy atom. The zero-order valence-electron chi connectivity index (χ0n) is 24.7. The average molecular weight is 609 g/mol. The summed E-state index contributed by atoms with van der Waals surface area (Å²) in [6, 6.07) is -1.35. The monoisotopic (exact) mass is 608 g/mol. The normalized spacial score (nSPS) is 24.6. The van der Waals surface area contributed by atoms with Gasteiger partial charge >= 0.3 is 6.03 Å². The maximum atomic E-state index is 14.4. The molecule has 3 aliphatic carbocycles. The van der Waals surface area contributed by atoms with E-state index in [1.165, 1.54) is 4.90 Å². The van der Waals surface area contributed by atoms with E-state index in [4.69, 9.17) is 0 Å². The maximum Gasteiger partial charge on any atom is 0.316 e. The lowest BCUT2D eigenvalue weighted by molar-refractivity contribution is -0.146. The van der Waals surface area contributed by atoms with Crippen LogP contribution in [-0.4, -0.2) is 85.2 Å². The number of nitrogens with zero attached hydrogens (tertiary/aromatic N) is 1. The van der Waals surface area contributed by atoms with Gasteiger partial charge < -0.3 is 30.7 Å². The van der Waals surface area contributed by atoms with E-state index in [-0.39, 0.29) is 23.6 Å². The van der Waals surface area contributed by atoms with Crippen molar-refractivity contribution in [2.45, 2.75) is 126 Å². The highest BCUT2D eigenvalue weighted by atomic mass is 32.2. The molecule has 4 aliphatic rings. The van der Waals surface area contributed by atoms with Crippen LogP contribution in [0.3, 0.4) is 0 Å². The molecule has 3 saturated carbocycles. The second-order valence-corrected chi connectivity index (χ2v) is 13.5. The molecule has 4 fully saturated rings. The van der Waals surface area contributed by atoms with E-state index in [0.29, 0.717) is 38.6 Å². The largest absolute Gasteiger partial charge is 0.772 e. The van der Waals surface area contributed by atoms with Gasteiger partial charge in [0.25, 0.3) is 5.91 Å². The topological polar surface area (TPSA) is 177 Å². The van der Waals surface area contributed by atoms with E-state index in [1.54, 1.807) is 0 Å². The Morgan fingerprint density at radius 3 is 2.21 bits per heavy atom. The van der Waals surface area contributed by atoms with Gasteiger partial charge in [-0.2, -0.15) is 0 Å². The minimum absolute atomic E-state index is 0.0298. The van der Waals surface area contributed by atoms with E-state index >= 15 is 0 Å². The summed E-state index contributed by atoms with van der Waals surface area (Å²) in [6.45, 7) is 1.75. The first-order valence-electron chi connectivity index (χ1n) is 15.7. The van der Waals surface area contributed by atoms with Crippen molar-refractivity contribution < 1.29 is 32.7 Å². The zero-order valence-corrected chi connectivity index (χ0v) is 25.5. The molecule has 3 atom stereocenters. The lowest BCUT2D eigenvalue weighted by Crippen LogP contribution is -2.68. The van der Waals surface area contributed by atoms with Crippen molar-refractivity contribution in [2.24, 2.45) is 5.92 Å². The Hall–Kier alpha value is -2.54. The third-order valence-corrected chi connectivity index (χ3v) is 10.4. The highest BCUT2D eigenvalue weighted by Crippen LogP contribution is 2.38. The molecule has 1 saturated heterocycles. The molecule has 4 rings (SSSR count). The molecule has 1 aliphatic heterocycles. The van der Waals surface area contributed by atoms with Crippen LogP contribution in [0.25, 0.3) is 0 Å². The fourth-order valence-corrected chi connectivity index (χ4v) is 7.90. The molecule has 0 radical (unpaired) electrons. The molecule has 5 amide bonds. The van der Waals surface area contributed by atoms with Crippen LogP contribution in [0.5, 0.6) is 0 Å². The Labute approximate surface area is 250 Å². The number of urea groups is 1. The fourth-order valence-electron chi connectivity index (χ4n) is 7.09. The van der Waals surface area contributed by atoms with Crippen LogP contribution in [0.1, 0.15) is 103 Å². The predicted octanol–water partition coefficient (Wildman–Crippen LogP) is 1.55. The number of rotatable bonds is 12. The molecule has 0 aromatic carbocycles. The Bertz CT molecular complexity index is 1050. The number of ketones is 1. The SMILES string of the molecule is CC[C@@](NC(=O)NC1(CS(=O)[O-])CCCCC1)(C(=O)N1CCC[C@H]1C(=O)NCC(=O)C(=O)NC1CC1)C1CCCCC1. The summed E-state index contributed by atoms with van der Waals surface area (Å²) in [7, 11) is 0. The van der Waals surface area contributed by atoms with Gasteiger partial charge in [0, 0.05) is 18.3 Å². The molecule has 13 heteroatoms. The number of amides is 5. The molecule has 1 heterocycles. The molecule has 4 N–H and O–H groups in total. The summed E-state index contributed by atoms with van der Waals surface area (Å²) in [6.07, 6.45) is 11.1. The van der Waals surface area contributed by atoms with Crippen LogP contribution in [0.15, 0.2) is 0 Å². The van der Waals surface area contributed by atoms with Crippen molar-refractivity contribution in [3.63, 3.8) is 0 Å². The van der Waals surface area contributed by atoms with E-state index < -0.39 is 58.4 Å². The molecule has 42 heavy (non-hydrogen) atoms. The van der Waals surface area contributed by atoms with Crippen LogP contribution < -0.4 is 21.3 Å². The second kappa shape index (κ2) is 14.3. The van der Waals surface area contributed by atoms with Crippen molar-refractivity contribution in [1.82, 2.24) is 26.2 Å². The summed E-state index contributed by atoms with van der Waals surface area (Å²) in [4.78, 5) is 67.0. The van der Waals surface area contributed by atoms with Crippen molar-refractivity contribution in [2.75, 3.05) is 18.8 Å². The first-order chi connectivity index (χ1) is 20.1. The minimum Gasteiger partial charge on any atom is -0.772 e. The lowest BCUT2D eigenvalue weighted by atomic mass is 9.72. The standard InChI is InChI=1S/C29H47N5O7S/c1-2-29(20-10-5-3-6-11-20,33-27(39)32-28(19-42(40)41)15-7-4-8-16-28)26(38)34-17-9-12-22(34)24(36)30-18-23(35)25(37)31-21-13-14-21/h20-22H,2-19H2,1H3,(H,30,36)(H,31,37)(H,40,41)(H2,32,33,39)/p-1/t22-,29-/m0/s1. The van der Waals surface area contributed by atoms with Crippen LogP contribution in [0, 0.1) is 5.92 Å². The van der Waals surface area contributed by atoms with Gasteiger partial charge in [0.1, 0.15) is 11.6 Å². The number of Topliss-reactive ketones (excluding diaryl/α,β-unsaturated/α-hetero) is 1. The number of carbonyl (C=O) groups excluding carboxylic acids is 5. The number of likely N-dealkylation sites (tertiary alicyclic amines) is 1. The van der Waals surface area contributed by atoms with E-state index in [9.17, 15) is 32.7 Å². The molecule has 1 unspecified atom stereocenters. The molecule has 0 spiro atoms. The number of hydrogen-bond donors (Lipinski definition) is 4. The highest BCUT2D eigenvalue weighted by molar-refractivity contribution is 7.79. The third-order valence-electron chi connectivity index (χ3n) is 9.57. The first kappa shape index (κ1) is 32.4. The summed E-state index contributed by atoms with van der Waals surface area (Å²) >= 11 is -2.34. The second-order valence-electron chi connectivity index (χ2n) is 12.6. The zero-order chi connectivity index (χ0) is 30.3. The van der Waals surface area contributed by atoms with Crippen molar-refractivity contribution >= 4 is 40.6 Å². The number of carbonyl (C=O) groups is 5. The maximum absolute atomic E-state index is 14.4. The number of hydrogen-bond acceptors (Lipinski definition) is 7. The van der Waals surface area contributed by atoms with Crippen molar-refractivity contribution in [1.29, 1.82) is 0 Å². The highest BCUT2D eigenvalue weighted by Gasteiger charge is 2.51. The van der Waals surface area contributed by atoms with Gasteiger partial charge in [-0.15, -0.1) is 0 Å². The molecular weight excluding hydrogens is 562 g/mol. The minimum atomic E-state index is -2.34. The molecule has 0 aromatic heterocycles. The Morgan fingerprint density at radius 2 is 1.60 bits per heavy atom. The van der Waals surface area contributed by atoms with E-state index in [1.807, 2.05) is 6.92 Å². The molecule has 236 valence electrons. The summed E-state index contributed by atoms with van der Waals surface area (Å²) < 4.78 is 23.4. The smallest absolute Gasteiger partial charge is 0.316 e. The summed E-state index contributed by atoms with van der Waals surface area (Å²) in [5.74, 6) is -2.58. The van der Waals surface area contributed by atoms with Crippen LogP contribution >= 0.6 is 0 Å². The third kappa shape index (κ3) is 7.89. The van der Waals surface area contributed by atoms with Crippen LogP contribution in [0.2, 0.25) is 0 Å². The summed E-state index contributed by atoms with van der Waals surface area (Å²) in [5.41, 5.74) is -2.14. The molecule has 12 nitrogen and oxygen atoms in total. The quantitative estimate of drug-likeness (QED) is 0.192. The van der Waals surface area contributed by atoms with Gasteiger partial charge in [-0.3, -0.25) is 23.4 Å². The molecule has 0 bridgehead atoms. The predicted molar refractivity (Wildman–Crippen MR) is 155 cm³/mol. The van der Waals surface area contributed by atoms with Gasteiger partial charge in [0.05, 0.1) is 12.1 Å². The number of nitrogens with one attached hydrogen (secondary N) is 4. The van der Waals surface area contributed by atoms with Gasteiger partial charge in [-0.05, 0) is 63.7 Å². The van der Waals surface area contributed by atoms with E-state index in [0.717, 1.165) is 64.2 Å². The van der Waals surface area contributed by atoms with Gasteiger partial charge in [-0.1, -0.05) is 56.5 Å². The van der Waals surface area contributed by atoms with Crippen LogP contribution in [0.4, 0.5) is 4.79 Å². The average Bonchev–Trinajstić information content (AvgIpc) is 3.65. The van der Waals surface area contributed by atoms with E-state index in [2.05, 4.69) is 21.3 Å². The molecular formula is C29H46N5O7S-. The van der Waals surface area contributed by atoms with Crippen molar-refractivity contribution in [3.05, 3.63) is 0 Å². The van der Waals surface area contributed by atoms with Gasteiger partial charge in [0.15, 0.2) is 0 Å². The Balaban J connectivity index is 1.49. The Kier molecular flexibility index (Phi) is 11.0. The van der Waals surface area contributed by atoms with Gasteiger partial charge in [0.2, 0.25) is 17.6 Å². The molecule has 0 aromatic rings. The van der Waals surface area contributed by atoms with Crippen LogP contribution in [-0.2, 0) is 30.3 Å². The lowest BCUT2D eigenvalue weighted by Gasteiger charge is -2.45. The first-order valence-corrected chi connectivity index (χ1v) is 16.9. The fraction of sp³-hybridized carbons (Fsp3) is 0.828. The summed E-state index contributed by atoms with van der Waals surface area (Å²) in [5, 5.41) is 11.2. The van der Waals surface area contributed by atoms with Crippen molar-refractivity contribution in [3.8, 4) is 0 Å².